The largest absolute Gasteiger partial charge is 0.508 e. The Morgan fingerprint density at radius 2 is 2.11 bits per heavy atom. The maximum atomic E-state index is 12.6. The van der Waals surface area contributed by atoms with E-state index in [-0.39, 0.29) is 17.8 Å². The van der Waals surface area contributed by atoms with Crippen molar-refractivity contribution in [2.75, 3.05) is 13.1 Å². The number of likely N-dealkylation sites (tertiary alicyclic amines) is 1. The zero-order chi connectivity index (χ0) is 18.8. The van der Waals surface area contributed by atoms with E-state index in [2.05, 4.69) is 27.5 Å². The molecule has 3 aromatic rings. The Kier molecular flexibility index (Phi) is 4.71. The normalized spacial score (nSPS) is 16.4. The number of pyridine rings is 1. The molecule has 1 fully saturated rings. The summed E-state index contributed by atoms with van der Waals surface area (Å²) in [6, 6.07) is 10.9. The van der Waals surface area contributed by atoms with Crippen molar-refractivity contribution < 1.29 is 9.90 Å². The molecule has 3 N–H and O–H groups in total. The van der Waals surface area contributed by atoms with Gasteiger partial charge < -0.3 is 20.3 Å². The van der Waals surface area contributed by atoms with Crippen LogP contribution in [0.1, 0.15) is 42.9 Å². The second kappa shape index (κ2) is 7.31. The molecule has 0 spiro atoms. The van der Waals surface area contributed by atoms with Gasteiger partial charge in [0.2, 0.25) is 0 Å². The van der Waals surface area contributed by atoms with Gasteiger partial charge in [-0.05, 0) is 61.1 Å². The number of phenols is 1. The molecule has 2 amide bonds. The van der Waals surface area contributed by atoms with Gasteiger partial charge in [-0.1, -0.05) is 12.1 Å². The lowest BCUT2D eigenvalue weighted by Gasteiger charge is -2.33. The van der Waals surface area contributed by atoms with Crippen LogP contribution in [0.25, 0.3) is 11.0 Å². The summed E-state index contributed by atoms with van der Waals surface area (Å²) in [6.07, 6.45) is 5.73. The minimum Gasteiger partial charge on any atom is -0.508 e. The number of carbonyl (C=O) groups excluding carboxylic acids is 1. The number of hydrogen-bond acceptors (Lipinski definition) is 3. The highest BCUT2D eigenvalue weighted by Gasteiger charge is 2.26. The van der Waals surface area contributed by atoms with Crippen LogP contribution < -0.4 is 5.32 Å². The van der Waals surface area contributed by atoms with Gasteiger partial charge in [-0.3, -0.25) is 0 Å². The number of amides is 2. The number of hydrogen-bond donors (Lipinski definition) is 3. The predicted octanol–water partition coefficient (Wildman–Crippen LogP) is 3.92. The molecule has 3 heterocycles. The number of benzene rings is 1. The second-order valence-corrected chi connectivity index (χ2v) is 7.17. The molecule has 1 aliphatic rings. The van der Waals surface area contributed by atoms with Gasteiger partial charge in [-0.15, -0.1) is 0 Å². The molecule has 1 aliphatic heterocycles. The van der Waals surface area contributed by atoms with Crippen molar-refractivity contribution in [2.45, 2.75) is 31.7 Å². The first kappa shape index (κ1) is 17.4. The van der Waals surface area contributed by atoms with Crippen molar-refractivity contribution in [3.63, 3.8) is 0 Å². The maximum Gasteiger partial charge on any atom is 0.317 e. The van der Waals surface area contributed by atoms with Crippen molar-refractivity contribution >= 4 is 17.1 Å². The second-order valence-electron chi connectivity index (χ2n) is 7.17. The highest BCUT2D eigenvalue weighted by atomic mass is 16.3. The molecular weight excluding hydrogens is 340 g/mol. The van der Waals surface area contributed by atoms with Crippen LogP contribution in [0.2, 0.25) is 0 Å². The minimum absolute atomic E-state index is 0.0510. The van der Waals surface area contributed by atoms with Crippen molar-refractivity contribution in [1.82, 2.24) is 20.2 Å². The average Bonchev–Trinajstić information content (AvgIpc) is 3.12. The van der Waals surface area contributed by atoms with Crippen LogP contribution in [-0.2, 0) is 0 Å². The standard InChI is InChI=1S/C21H24N4O2/c1-14(16-4-2-5-17(26)12-16)24-21(27)25-10-7-15(8-11-25)19-13-23-20-18(19)6-3-9-22-20/h2-6,9,12-15,26H,7-8,10-11H2,1H3,(H,22,23)(H,24,27)/t14-/m1/s1. The predicted molar refractivity (Wildman–Crippen MR) is 105 cm³/mol. The number of piperidine rings is 1. The Hall–Kier alpha value is -3.02. The highest BCUT2D eigenvalue weighted by molar-refractivity contribution is 5.80. The van der Waals surface area contributed by atoms with Gasteiger partial charge in [0.25, 0.3) is 0 Å². The first-order valence-corrected chi connectivity index (χ1v) is 9.38. The van der Waals surface area contributed by atoms with Crippen molar-refractivity contribution in [2.24, 2.45) is 0 Å². The molecule has 0 unspecified atom stereocenters. The summed E-state index contributed by atoms with van der Waals surface area (Å²) >= 11 is 0. The molecule has 0 bridgehead atoms. The Morgan fingerprint density at radius 3 is 2.89 bits per heavy atom. The van der Waals surface area contributed by atoms with E-state index < -0.39 is 0 Å². The number of urea groups is 1. The van der Waals surface area contributed by atoms with Gasteiger partial charge in [-0.2, -0.15) is 0 Å². The topological polar surface area (TPSA) is 81.2 Å². The van der Waals surface area contributed by atoms with E-state index in [1.165, 1.54) is 10.9 Å². The third-order valence-corrected chi connectivity index (χ3v) is 5.42. The third kappa shape index (κ3) is 3.60. The van der Waals surface area contributed by atoms with Crippen molar-refractivity contribution in [3.05, 3.63) is 59.9 Å². The van der Waals surface area contributed by atoms with Crippen molar-refractivity contribution in [3.8, 4) is 5.75 Å². The van der Waals surface area contributed by atoms with Crippen LogP contribution in [0, 0.1) is 0 Å². The number of nitrogens with one attached hydrogen (secondary N) is 2. The third-order valence-electron chi connectivity index (χ3n) is 5.42. The highest BCUT2D eigenvalue weighted by Crippen LogP contribution is 2.32. The van der Waals surface area contributed by atoms with Gasteiger partial charge >= 0.3 is 6.03 Å². The molecule has 1 saturated heterocycles. The van der Waals surface area contributed by atoms with E-state index in [1.54, 1.807) is 24.4 Å². The van der Waals surface area contributed by atoms with Gasteiger partial charge in [0.05, 0.1) is 6.04 Å². The van der Waals surface area contributed by atoms with E-state index in [4.69, 9.17) is 0 Å². The Bertz CT molecular complexity index is 944. The molecule has 0 radical (unpaired) electrons. The van der Waals surface area contributed by atoms with E-state index in [9.17, 15) is 9.90 Å². The molecule has 4 rings (SSSR count). The molecular formula is C21H24N4O2. The lowest BCUT2D eigenvalue weighted by Crippen LogP contribution is -2.44. The summed E-state index contributed by atoms with van der Waals surface area (Å²) in [5, 5.41) is 13.8. The van der Waals surface area contributed by atoms with E-state index >= 15 is 0 Å². The van der Waals surface area contributed by atoms with Gasteiger partial charge in [0.15, 0.2) is 0 Å². The minimum atomic E-state index is -0.151. The van der Waals surface area contributed by atoms with Crippen LogP contribution in [-0.4, -0.2) is 39.1 Å². The fraction of sp³-hybridized carbons (Fsp3) is 0.333. The number of aromatic amines is 1. The molecule has 6 heteroatoms. The zero-order valence-corrected chi connectivity index (χ0v) is 15.4. The lowest BCUT2D eigenvalue weighted by atomic mass is 9.89. The molecule has 140 valence electrons. The van der Waals surface area contributed by atoms with Crippen LogP contribution >= 0.6 is 0 Å². The first-order chi connectivity index (χ1) is 13.1. The number of fused-ring (bicyclic) bond motifs is 1. The number of carbonyl (C=O) groups is 1. The number of rotatable bonds is 3. The molecule has 0 aliphatic carbocycles. The molecule has 6 nitrogen and oxygen atoms in total. The first-order valence-electron chi connectivity index (χ1n) is 9.38. The summed E-state index contributed by atoms with van der Waals surface area (Å²) in [7, 11) is 0. The lowest BCUT2D eigenvalue weighted by molar-refractivity contribution is 0.178. The smallest absolute Gasteiger partial charge is 0.317 e. The van der Waals surface area contributed by atoms with Gasteiger partial charge in [0.1, 0.15) is 11.4 Å². The Balaban J connectivity index is 1.36. The summed E-state index contributed by atoms with van der Waals surface area (Å²) in [5.74, 6) is 0.651. The van der Waals surface area contributed by atoms with Crippen LogP contribution in [0.3, 0.4) is 0 Å². The summed E-state index contributed by atoms with van der Waals surface area (Å²) in [5.41, 5.74) is 3.11. The molecule has 1 aromatic carbocycles. The molecule has 1 atom stereocenters. The molecule has 27 heavy (non-hydrogen) atoms. The zero-order valence-electron chi connectivity index (χ0n) is 15.4. The quantitative estimate of drug-likeness (QED) is 0.659. The SMILES string of the molecule is C[C@@H](NC(=O)N1CCC(c2c[nH]c3ncccc23)CC1)c1cccc(O)c1. The van der Waals surface area contributed by atoms with Crippen LogP contribution in [0.5, 0.6) is 5.75 Å². The summed E-state index contributed by atoms with van der Waals surface area (Å²) in [6.45, 7) is 3.39. The Labute approximate surface area is 158 Å². The number of nitrogens with zero attached hydrogens (tertiary/aromatic N) is 2. The van der Waals surface area contributed by atoms with Crippen molar-refractivity contribution in [1.29, 1.82) is 0 Å². The number of aromatic nitrogens is 2. The average molecular weight is 364 g/mol. The van der Waals surface area contributed by atoms with Gasteiger partial charge in [-0.25, -0.2) is 9.78 Å². The number of H-pyrrole nitrogens is 1. The van der Waals surface area contributed by atoms with E-state index in [0.717, 1.165) is 37.1 Å². The van der Waals surface area contributed by atoms with Crippen LogP contribution in [0.4, 0.5) is 4.79 Å². The van der Waals surface area contributed by atoms with Crippen LogP contribution in [0.15, 0.2) is 48.8 Å². The maximum absolute atomic E-state index is 12.6. The van der Waals surface area contributed by atoms with Gasteiger partial charge in [0, 0.05) is 30.9 Å². The molecule has 0 saturated carbocycles. The molecule has 2 aromatic heterocycles. The van der Waals surface area contributed by atoms with E-state index in [1.807, 2.05) is 24.0 Å². The number of aromatic hydroxyl groups is 1. The fourth-order valence-corrected chi connectivity index (χ4v) is 3.86. The Morgan fingerprint density at radius 1 is 1.30 bits per heavy atom. The summed E-state index contributed by atoms with van der Waals surface area (Å²) < 4.78 is 0. The van der Waals surface area contributed by atoms with E-state index in [0.29, 0.717) is 5.92 Å². The number of phenolic OH excluding ortho intramolecular Hbond substituents is 1. The fourth-order valence-electron chi connectivity index (χ4n) is 3.86. The monoisotopic (exact) mass is 364 g/mol. The summed E-state index contributed by atoms with van der Waals surface area (Å²) in [4.78, 5) is 22.1.